The first kappa shape index (κ1) is 9.75. The van der Waals surface area contributed by atoms with Gasteiger partial charge < -0.3 is 9.84 Å². The molecule has 1 atom stereocenters. The van der Waals surface area contributed by atoms with Gasteiger partial charge in [0, 0.05) is 0 Å². The normalized spacial score (nSPS) is 29.9. The lowest BCUT2D eigenvalue weighted by Crippen LogP contribution is -2.31. The highest BCUT2D eigenvalue weighted by atomic mass is 16.5. The summed E-state index contributed by atoms with van der Waals surface area (Å²) in [6.45, 7) is 8.09. The smallest absolute Gasteiger partial charge is 0.102 e. The first-order valence-electron chi connectivity index (χ1n) is 4.51. The Hall–Kier alpha value is -0.340. The number of aliphatic hydroxyl groups excluding tert-OH is 1. The van der Waals surface area contributed by atoms with Gasteiger partial charge in [0.05, 0.1) is 12.2 Å². The number of aliphatic hydroxyl groups is 1. The average molecular weight is 170 g/mol. The zero-order chi connectivity index (χ0) is 9.19. The maximum Gasteiger partial charge on any atom is 0.102 e. The standard InChI is InChI=1S/C10H18O2/c1-8-5-4-6-10(2,3)12-9(8)7-11/h9,11H,1,4-7H2,2-3H3. The van der Waals surface area contributed by atoms with Crippen molar-refractivity contribution in [2.45, 2.75) is 44.8 Å². The number of ether oxygens (including phenoxy) is 1. The van der Waals surface area contributed by atoms with Crippen molar-refractivity contribution < 1.29 is 9.84 Å². The van der Waals surface area contributed by atoms with Crippen LogP contribution < -0.4 is 0 Å². The van der Waals surface area contributed by atoms with E-state index in [-0.39, 0.29) is 18.3 Å². The summed E-state index contributed by atoms with van der Waals surface area (Å²) in [5.41, 5.74) is 0.926. The lowest BCUT2D eigenvalue weighted by Gasteiger charge is -2.27. The molecular formula is C10H18O2. The van der Waals surface area contributed by atoms with E-state index in [0.29, 0.717) is 0 Å². The van der Waals surface area contributed by atoms with Gasteiger partial charge in [0.25, 0.3) is 0 Å². The second-order valence-corrected chi connectivity index (χ2v) is 4.06. The molecule has 2 heteroatoms. The second kappa shape index (κ2) is 3.58. The molecule has 0 saturated carbocycles. The van der Waals surface area contributed by atoms with Crippen LogP contribution in [0.5, 0.6) is 0 Å². The molecule has 1 heterocycles. The summed E-state index contributed by atoms with van der Waals surface area (Å²) in [6.07, 6.45) is 2.99. The van der Waals surface area contributed by atoms with Crippen LogP contribution in [0.25, 0.3) is 0 Å². The summed E-state index contributed by atoms with van der Waals surface area (Å²) in [5, 5.41) is 9.03. The summed E-state index contributed by atoms with van der Waals surface area (Å²) >= 11 is 0. The van der Waals surface area contributed by atoms with Gasteiger partial charge in [-0.25, -0.2) is 0 Å². The van der Waals surface area contributed by atoms with Crippen LogP contribution in [0.4, 0.5) is 0 Å². The van der Waals surface area contributed by atoms with Gasteiger partial charge in [-0.1, -0.05) is 6.58 Å². The third kappa shape index (κ3) is 2.32. The predicted octanol–water partition coefficient (Wildman–Crippen LogP) is 1.88. The molecule has 0 aromatic rings. The highest BCUT2D eigenvalue weighted by Crippen LogP contribution is 2.28. The molecule has 0 aliphatic carbocycles. The van der Waals surface area contributed by atoms with Gasteiger partial charge >= 0.3 is 0 Å². The second-order valence-electron chi connectivity index (χ2n) is 4.06. The van der Waals surface area contributed by atoms with Crippen molar-refractivity contribution in [1.29, 1.82) is 0 Å². The van der Waals surface area contributed by atoms with E-state index in [2.05, 4.69) is 20.4 Å². The van der Waals surface area contributed by atoms with E-state index in [1.165, 1.54) is 0 Å². The van der Waals surface area contributed by atoms with Gasteiger partial charge in [-0.15, -0.1) is 0 Å². The maximum atomic E-state index is 9.03. The van der Waals surface area contributed by atoms with Gasteiger partial charge in [-0.05, 0) is 38.7 Å². The summed E-state index contributed by atoms with van der Waals surface area (Å²) in [5.74, 6) is 0. The van der Waals surface area contributed by atoms with Crippen molar-refractivity contribution in [3.8, 4) is 0 Å². The van der Waals surface area contributed by atoms with E-state index < -0.39 is 0 Å². The van der Waals surface area contributed by atoms with E-state index in [9.17, 15) is 0 Å². The van der Waals surface area contributed by atoms with Crippen molar-refractivity contribution in [3.63, 3.8) is 0 Å². The van der Waals surface area contributed by atoms with Crippen LogP contribution in [0.1, 0.15) is 33.1 Å². The largest absolute Gasteiger partial charge is 0.393 e. The molecule has 70 valence electrons. The zero-order valence-corrected chi connectivity index (χ0v) is 7.97. The molecule has 1 rings (SSSR count). The Morgan fingerprint density at radius 2 is 2.33 bits per heavy atom. The van der Waals surface area contributed by atoms with Crippen LogP contribution in [0.15, 0.2) is 12.2 Å². The molecule has 1 unspecified atom stereocenters. The van der Waals surface area contributed by atoms with E-state index in [1.54, 1.807) is 0 Å². The van der Waals surface area contributed by atoms with Crippen LogP contribution in [0.2, 0.25) is 0 Å². The van der Waals surface area contributed by atoms with Crippen LogP contribution >= 0.6 is 0 Å². The summed E-state index contributed by atoms with van der Waals surface area (Å²) in [7, 11) is 0. The van der Waals surface area contributed by atoms with Crippen LogP contribution in [-0.4, -0.2) is 23.4 Å². The molecule has 12 heavy (non-hydrogen) atoms. The van der Waals surface area contributed by atoms with E-state index in [0.717, 1.165) is 24.8 Å². The minimum atomic E-state index is -0.150. The molecular weight excluding hydrogens is 152 g/mol. The van der Waals surface area contributed by atoms with Crippen molar-refractivity contribution in [3.05, 3.63) is 12.2 Å². The van der Waals surface area contributed by atoms with Gasteiger partial charge in [0.15, 0.2) is 0 Å². The van der Waals surface area contributed by atoms with Crippen LogP contribution in [0, 0.1) is 0 Å². The summed E-state index contributed by atoms with van der Waals surface area (Å²) < 4.78 is 5.71. The molecule has 0 aromatic carbocycles. The predicted molar refractivity (Wildman–Crippen MR) is 49.0 cm³/mol. The minimum absolute atomic E-state index is 0.0578. The highest BCUT2D eigenvalue weighted by Gasteiger charge is 2.27. The Morgan fingerprint density at radius 1 is 1.67 bits per heavy atom. The lowest BCUT2D eigenvalue weighted by molar-refractivity contribution is -0.0709. The number of hydrogen-bond acceptors (Lipinski definition) is 2. The topological polar surface area (TPSA) is 29.5 Å². The SMILES string of the molecule is C=C1CCCC(C)(C)OC1CO. The third-order valence-corrected chi connectivity index (χ3v) is 2.36. The first-order valence-corrected chi connectivity index (χ1v) is 4.51. The molecule has 0 bridgehead atoms. The summed E-state index contributed by atoms with van der Waals surface area (Å²) in [6, 6.07) is 0. The Labute approximate surface area is 74.2 Å². The number of hydrogen-bond donors (Lipinski definition) is 1. The Bertz CT molecular complexity index is 173. The van der Waals surface area contributed by atoms with Crippen molar-refractivity contribution in [1.82, 2.24) is 0 Å². The summed E-state index contributed by atoms with van der Waals surface area (Å²) in [4.78, 5) is 0. The molecule has 1 aliphatic heterocycles. The fourth-order valence-electron chi connectivity index (χ4n) is 1.60. The van der Waals surface area contributed by atoms with Crippen molar-refractivity contribution >= 4 is 0 Å². The van der Waals surface area contributed by atoms with Crippen molar-refractivity contribution in [2.24, 2.45) is 0 Å². The van der Waals surface area contributed by atoms with Gasteiger partial charge in [0.2, 0.25) is 0 Å². The quantitative estimate of drug-likeness (QED) is 0.609. The van der Waals surface area contributed by atoms with E-state index in [1.807, 2.05) is 0 Å². The minimum Gasteiger partial charge on any atom is -0.393 e. The average Bonchev–Trinajstić information content (AvgIpc) is 2.10. The highest BCUT2D eigenvalue weighted by molar-refractivity contribution is 5.05. The fourth-order valence-corrected chi connectivity index (χ4v) is 1.60. The fraction of sp³-hybridized carbons (Fsp3) is 0.800. The number of rotatable bonds is 1. The lowest BCUT2D eigenvalue weighted by atomic mass is 10.0. The van der Waals surface area contributed by atoms with Gasteiger partial charge in [-0.3, -0.25) is 0 Å². The molecule has 0 spiro atoms. The van der Waals surface area contributed by atoms with E-state index >= 15 is 0 Å². The molecule has 0 aromatic heterocycles. The van der Waals surface area contributed by atoms with Gasteiger partial charge in [-0.2, -0.15) is 0 Å². The Balaban J connectivity index is 2.65. The Kier molecular flexibility index (Phi) is 2.91. The van der Waals surface area contributed by atoms with Crippen LogP contribution in [0.3, 0.4) is 0 Å². The molecule has 1 saturated heterocycles. The third-order valence-electron chi connectivity index (χ3n) is 2.36. The zero-order valence-electron chi connectivity index (χ0n) is 7.97. The molecule has 0 amide bonds. The Morgan fingerprint density at radius 3 is 2.92 bits per heavy atom. The molecule has 0 radical (unpaired) electrons. The molecule has 1 N–H and O–H groups in total. The van der Waals surface area contributed by atoms with Crippen molar-refractivity contribution in [2.75, 3.05) is 6.61 Å². The molecule has 1 fully saturated rings. The molecule has 1 aliphatic rings. The monoisotopic (exact) mass is 170 g/mol. The molecule has 2 nitrogen and oxygen atoms in total. The van der Waals surface area contributed by atoms with Crippen LogP contribution in [-0.2, 0) is 4.74 Å². The van der Waals surface area contributed by atoms with Gasteiger partial charge in [0.1, 0.15) is 6.10 Å². The maximum absolute atomic E-state index is 9.03. The van der Waals surface area contributed by atoms with E-state index in [4.69, 9.17) is 9.84 Å². The first-order chi connectivity index (χ1) is 5.55.